The number of hydrogen-bond acceptors (Lipinski definition) is 1. The average Bonchev–Trinajstić information content (AvgIpc) is 2.92. The van der Waals surface area contributed by atoms with E-state index in [-0.39, 0.29) is 5.69 Å². The molecule has 0 bridgehead atoms. The number of rotatable bonds is 3. The van der Waals surface area contributed by atoms with Crippen molar-refractivity contribution in [3.63, 3.8) is 0 Å². The molecule has 1 N–H and O–H groups in total. The van der Waals surface area contributed by atoms with Crippen molar-refractivity contribution in [1.82, 2.24) is 4.57 Å². The van der Waals surface area contributed by atoms with Crippen molar-refractivity contribution in [2.45, 2.75) is 26.9 Å². The monoisotopic (exact) mass is 406 g/mol. The van der Waals surface area contributed by atoms with Crippen LogP contribution in [0.5, 0.6) is 0 Å². The van der Waals surface area contributed by atoms with Gasteiger partial charge < -0.3 is 9.88 Å². The molecule has 0 radical (unpaired) electrons. The van der Waals surface area contributed by atoms with Gasteiger partial charge in [0.1, 0.15) is 0 Å². The Hall–Kier alpha value is -2.73. The van der Waals surface area contributed by atoms with Crippen molar-refractivity contribution in [2.24, 2.45) is 0 Å². The number of nitrogens with one attached hydrogen (secondary N) is 1. The highest BCUT2D eigenvalue weighted by Gasteiger charge is 2.34. The van der Waals surface area contributed by atoms with Gasteiger partial charge in [-0.25, -0.2) is 0 Å². The molecule has 3 rings (SSSR count). The van der Waals surface area contributed by atoms with Crippen LogP contribution in [0.1, 0.15) is 32.9 Å². The maximum absolute atomic E-state index is 13.4. The maximum atomic E-state index is 13.4. The predicted octanol–water partition coefficient (Wildman–Crippen LogP) is 6.33. The summed E-state index contributed by atoms with van der Waals surface area (Å²) in [5.74, 6) is -0.408. The molecule has 0 saturated heterocycles. The first-order valence-electron chi connectivity index (χ1n) is 8.53. The molecule has 3 aromatic rings. The van der Waals surface area contributed by atoms with Gasteiger partial charge in [0, 0.05) is 22.1 Å². The van der Waals surface area contributed by atoms with Gasteiger partial charge in [-0.2, -0.15) is 13.2 Å². The van der Waals surface area contributed by atoms with Crippen LogP contribution in [0.2, 0.25) is 5.02 Å². The van der Waals surface area contributed by atoms with E-state index in [1.54, 1.807) is 51.1 Å². The van der Waals surface area contributed by atoms with Crippen LogP contribution in [0.3, 0.4) is 0 Å². The molecular weight excluding hydrogens is 389 g/mol. The molecule has 3 nitrogen and oxygen atoms in total. The van der Waals surface area contributed by atoms with Crippen molar-refractivity contribution in [2.75, 3.05) is 5.32 Å². The number of para-hydroxylation sites is 1. The smallest absolute Gasteiger partial charge is 0.322 e. The number of carbonyl (C=O) groups is 1. The Morgan fingerprint density at radius 3 is 2.39 bits per heavy atom. The third-order valence-corrected chi connectivity index (χ3v) is 5.05. The van der Waals surface area contributed by atoms with E-state index < -0.39 is 17.6 Å². The Balaban J connectivity index is 2.04. The van der Waals surface area contributed by atoms with Crippen molar-refractivity contribution < 1.29 is 18.0 Å². The largest absolute Gasteiger partial charge is 0.418 e. The fraction of sp³-hybridized carbons (Fsp3) is 0.190. The van der Waals surface area contributed by atoms with Gasteiger partial charge in [0.25, 0.3) is 5.91 Å². The van der Waals surface area contributed by atoms with Gasteiger partial charge in [-0.05, 0) is 56.7 Å². The Morgan fingerprint density at radius 1 is 1.04 bits per heavy atom. The Bertz CT molecular complexity index is 1050. The zero-order chi connectivity index (χ0) is 20.6. The van der Waals surface area contributed by atoms with Gasteiger partial charge in [-0.3, -0.25) is 4.79 Å². The van der Waals surface area contributed by atoms with Gasteiger partial charge in [-0.1, -0.05) is 29.8 Å². The lowest BCUT2D eigenvalue weighted by Crippen LogP contribution is -2.15. The summed E-state index contributed by atoms with van der Waals surface area (Å²) in [6, 6.07) is 12.0. The highest BCUT2D eigenvalue weighted by Crippen LogP contribution is 2.35. The van der Waals surface area contributed by atoms with Crippen LogP contribution in [0.15, 0.2) is 48.5 Å². The lowest BCUT2D eigenvalue weighted by molar-refractivity contribution is -0.137. The van der Waals surface area contributed by atoms with E-state index in [0.29, 0.717) is 33.2 Å². The molecule has 28 heavy (non-hydrogen) atoms. The molecule has 0 fully saturated rings. The first-order chi connectivity index (χ1) is 13.1. The van der Waals surface area contributed by atoms with E-state index in [2.05, 4.69) is 5.32 Å². The summed E-state index contributed by atoms with van der Waals surface area (Å²) in [5.41, 5.74) is 1.76. The quantitative estimate of drug-likeness (QED) is 0.542. The number of halogens is 4. The van der Waals surface area contributed by atoms with E-state index in [1.165, 1.54) is 16.7 Å². The lowest BCUT2D eigenvalue weighted by atomic mass is 10.1. The zero-order valence-electron chi connectivity index (χ0n) is 15.5. The molecule has 7 heteroatoms. The Labute approximate surface area is 165 Å². The molecule has 0 aliphatic carbocycles. The van der Waals surface area contributed by atoms with E-state index in [9.17, 15) is 18.0 Å². The number of nitrogens with zero attached hydrogens (tertiary/aromatic N) is 1. The van der Waals surface area contributed by atoms with E-state index in [0.717, 1.165) is 6.07 Å². The molecule has 0 aliphatic heterocycles. The summed E-state index contributed by atoms with van der Waals surface area (Å²) in [5, 5.41) is 3.30. The SMILES string of the molecule is Cc1c(Cl)cccc1NC(=O)c1cc(C)n(-c2ccccc2C(F)(F)F)c1C. The third kappa shape index (κ3) is 3.64. The minimum absolute atomic E-state index is 0.0111. The molecular formula is C21H18ClF3N2O. The van der Waals surface area contributed by atoms with E-state index >= 15 is 0 Å². The van der Waals surface area contributed by atoms with Gasteiger partial charge in [0.15, 0.2) is 0 Å². The zero-order valence-corrected chi connectivity index (χ0v) is 16.2. The number of benzene rings is 2. The minimum Gasteiger partial charge on any atom is -0.322 e. The van der Waals surface area contributed by atoms with Gasteiger partial charge in [0.2, 0.25) is 0 Å². The summed E-state index contributed by atoms with van der Waals surface area (Å²) >= 11 is 6.08. The van der Waals surface area contributed by atoms with Crippen LogP contribution in [-0.4, -0.2) is 10.5 Å². The summed E-state index contributed by atoms with van der Waals surface area (Å²) < 4.78 is 41.7. The van der Waals surface area contributed by atoms with E-state index in [4.69, 9.17) is 11.6 Å². The molecule has 2 aromatic carbocycles. The highest BCUT2D eigenvalue weighted by molar-refractivity contribution is 6.31. The third-order valence-electron chi connectivity index (χ3n) is 4.64. The molecule has 146 valence electrons. The minimum atomic E-state index is -4.50. The fourth-order valence-electron chi connectivity index (χ4n) is 3.20. The maximum Gasteiger partial charge on any atom is 0.418 e. The standard InChI is InChI=1S/C21H18ClF3N2O/c1-12-11-15(20(28)26-18-9-6-8-17(22)13(18)2)14(3)27(12)19-10-5-4-7-16(19)21(23,24)25/h4-11H,1-3H3,(H,26,28). The van der Waals surface area contributed by atoms with E-state index in [1.807, 2.05) is 0 Å². The molecule has 0 aliphatic rings. The van der Waals surface area contributed by atoms with Gasteiger partial charge in [0.05, 0.1) is 16.8 Å². The van der Waals surface area contributed by atoms with Crippen LogP contribution >= 0.6 is 11.6 Å². The number of aryl methyl sites for hydroxylation is 1. The molecule has 0 unspecified atom stereocenters. The highest BCUT2D eigenvalue weighted by atomic mass is 35.5. The molecule has 0 saturated carbocycles. The second-order valence-corrected chi connectivity index (χ2v) is 6.91. The van der Waals surface area contributed by atoms with Crippen LogP contribution < -0.4 is 5.32 Å². The molecule has 1 heterocycles. The van der Waals surface area contributed by atoms with Crippen LogP contribution in [0, 0.1) is 20.8 Å². The second-order valence-electron chi connectivity index (χ2n) is 6.50. The number of anilines is 1. The predicted molar refractivity (Wildman–Crippen MR) is 104 cm³/mol. The Morgan fingerprint density at radius 2 is 1.71 bits per heavy atom. The number of aromatic nitrogens is 1. The van der Waals surface area contributed by atoms with Gasteiger partial charge >= 0.3 is 6.18 Å². The van der Waals surface area contributed by atoms with Crippen LogP contribution in [0.25, 0.3) is 5.69 Å². The topological polar surface area (TPSA) is 34.0 Å². The van der Waals surface area contributed by atoms with Crippen molar-refractivity contribution >= 4 is 23.2 Å². The van der Waals surface area contributed by atoms with Crippen molar-refractivity contribution in [1.29, 1.82) is 0 Å². The van der Waals surface area contributed by atoms with Crippen molar-refractivity contribution in [3.05, 3.63) is 81.6 Å². The first-order valence-corrected chi connectivity index (χ1v) is 8.91. The van der Waals surface area contributed by atoms with Crippen LogP contribution in [-0.2, 0) is 6.18 Å². The fourth-order valence-corrected chi connectivity index (χ4v) is 3.38. The number of hydrogen-bond donors (Lipinski definition) is 1. The molecule has 1 amide bonds. The second kappa shape index (κ2) is 7.36. The first kappa shape index (κ1) is 20.0. The molecule has 0 atom stereocenters. The summed E-state index contributed by atoms with van der Waals surface area (Å²) in [6.07, 6.45) is -4.50. The normalized spacial score (nSPS) is 11.5. The average molecular weight is 407 g/mol. The number of amides is 1. The molecule has 1 aromatic heterocycles. The number of carbonyl (C=O) groups excluding carboxylic acids is 1. The number of alkyl halides is 3. The summed E-state index contributed by atoms with van der Waals surface area (Å²) in [4.78, 5) is 12.8. The van der Waals surface area contributed by atoms with Crippen LogP contribution in [0.4, 0.5) is 18.9 Å². The van der Waals surface area contributed by atoms with Gasteiger partial charge in [-0.15, -0.1) is 0 Å². The lowest BCUT2D eigenvalue weighted by Gasteiger charge is -2.17. The summed E-state index contributed by atoms with van der Waals surface area (Å²) in [6.45, 7) is 5.07. The Kier molecular flexibility index (Phi) is 5.26. The summed E-state index contributed by atoms with van der Waals surface area (Å²) in [7, 11) is 0. The molecule has 0 spiro atoms. The van der Waals surface area contributed by atoms with Crippen molar-refractivity contribution in [3.8, 4) is 5.69 Å².